The van der Waals surface area contributed by atoms with Crippen LogP contribution in [0.3, 0.4) is 0 Å². The van der Waals surface area contributed by atoms with Gasteiger partial charge in [0.2, 0.25) is 0 Å². The van der Waals surface area contributed by atoms with Gasteiger partial charge in [-0.05, 0) is 48.0 Å². The van der Waals surface area contributed by atoms with E-state index < -0.39 is 8.32 Å². The van der Waals surface area contributed by atoms with Crippen molar-refractivity contribution in [2.45, 2.75) is 64.8 Å². The van der Waals surface area contributed by atoms with Gasteiger partial charge in [0.1, 0.15) is 0 Å². The first kappa shape index (κ1) is 14.8. The van der Waals surface area contributed by atoms with Gasteiger partial charge in [0.15, 0.2) is 8.32 Å². The smallest absolute Gasteiger partial charge is 0.192 e. The van der Waals surface area contributed by atoms with Crippen molar-refractivity contribution >= 4 is 8.32 Å². The minimum atomic E-state index is -1.70. The van der Waals surface area contributed by atoms with E-state index in [9.17, 15) is 0 Å². The van der Waals surface area contributed by atoms with E-state index in [1.54, 1.807) is 0 Å². The van der Waals surface area contributed by atoms with Gasteiger partial charge in [-0.25, -0.2) is 0 Å². The largest absolute Gasteiger partial charge is 0.413 e. The molecule has 0 aliphatic heterocycles. The molecule has 2 rings (SSSR count). The minimum Gasteiger partial charge on any atom is -0.413 e. The first-order valence-electron chi connectivity index (χ1n) is 7.48. The Hall–Kier alpha value is -0.603. The summed E-state index contributed by atoms with van der Waals surface area (Å²) in [5.74, 6) is 0.665. The van der Waals surface area contributed by atoms with Crippen LogP contribution < -0.4 is 0 Å². The van der Waals surface area contributed by atoms with Gasteiger partial charge in [-0.1, -0.05) is 52.0 Å². The summed E-state index contributed by atoms with van der Waals surface area (Å²) < 4.78 is 6.65. The van der Waals surface area contributed by atoms with Gasteiger partial charge >= 0.3 is 0 Å². The standard InChI is InChI=1S/C17H28OSi/c1-13(2)17(3,4)19(5,6)18-16-11-14-9-7-8-10-15(14)12-16/h7-10,13,16H,11-12H2,1-6H3. The quantitative estimate of drug-likeness (QED) is 0.717. The van der Waals surface area contributed by atoms with E-state index in [2.05, 4.69) is 65.1 Å². The molecule has 0 aromatic heterocycles. The third-order valence-electron chi connectivity index (χ3n) is 5.47. The van der Waals surface area contributed by atoms with E-state index in [4.69, 9.17) is 4.43 Å². The van der Waals surface area contributed by atoms with E-state index in [0.717, 1.165) is 12.8 Å². The first-order chi connectivity index (χ1) is 8.74. The Morgan fingerprint density at radius 3 is 2.00 bits per heavy atom. The molecule has 0 radical (unpaired) electrons. The van der Waals surface area contributed by atoms with Crippen molar-refractivity contribution in [3.63, 3.8) is 0 Å². The lowest BCUT2D eigenvalue weighted by Crippen LogP contribution is -2.47. The molecule has 1 nitrogen and oxygen atoms in total. The third-order valence-corrected chi connectivity index (χ3v) is 10.1. The van der Waals surface area contributed by atoms with Gasteiger partial charge in [0.05, 0.1) is 6.10 Å². The highest BCUT2D eigenvalue weighted by atomic mass is 28.4. The Bertz CT molecular complexity index is 423. The fraction of sp³-hybridized carbons (Fsp3) is 0.647. The molecule has 0 unspecified atom stereocenters. The highest BCUT2D eigenvalue weighted by molar-refractivity contribution is 6.74. The molecule has 0 heterocycles. The van der Waals surface area contributed by atoms with Crippen LogP contribution in [0.2, 0.25) is 18.1 Å². The van der Waals surface area contributed by atoms with Crippen molar-refractivity contribution in [1.29, 1.82) is 0 Å². The van der Waals surface area contributed by atoms with Gasteiger partial charge in [-0.15, -0.1) is 0 Å². The molecule has 0 saturated heterocycles. The van der Waals surface area contributed by atoms with E-state index in [-0.39, 0.29) is 0 Å². The molecule has 1 aliphatic carbocycles. The number of hydrogen-bond acceptors (Lipinski definition) is 1. The highest BCUT2D eigenvalue weighted by Crippen LogP contribution is 2.45. The van der Waals surface area contributed by atoms with Crippen LogP contribution >= 0.6 is 0 Å². The Morgan fingerprint density at radius 2 is 1.58 bits per heavy atom. The lowest BCUT2D eigenvalue weighted by atomic mass is 9.99. The van der Waals surface area contributed by atoms with Crippen LogP contribution in [0.25, 0.3) is 0 Å². The van der Waals surface area contributed by atoms with Crippen LogP contribution in [-0.2, 0) is 17.3 Å². The third kappa shape index (κ3) is 2.80. The predicted molar refractivity (Wildman–Crippen MR) is 85.1 cm³/mol. The van der Waals surface area contributed by atoms with Crippen molar-refractivity contribution in [3.8, 4) is 0 Å². The second-order valence-corrected chi connectivity index (χ2v) is 11.8. The summed E-state index contributed by atoms with van der Waals surface area (Å²) in [7, 11) is -1.70. The van der Waals surface area contributed by atoms with Gasteiger partial charge in [0, 0.05) is 0 Å². The van der Waals surface area contributed by atoms with E-state index in [0.29, 0.717) is 17.1 Å². The summed E-state index contributed by atoms with van der Waals surface area (Å²) in [6.07, 6.45) is 2.60. The Balaban J connectivity index is 2.08. The second kappa shape index (κ2) is 5.06. The van der Waals surface area contributed by atoms with E-state index >= 15 is 0 Å². The number of benzene rings is 1. The Kier molecular flexibility index (Phi) is 3.94. The molecule has 0 bridgehead atoms. The molecule has 106 valence electrons. The maximum absolute atomic E-state index is 6.65. The number of rotatable bonds is 4. The van der Waals surface area contributed by atoms with Crippen molar-refractivity contribution in [2.24, 2.45) is 5.92 Å². The second-order valence-electron chi connectivity index (χ2n) is 7.30. The fourth-order valence-corrected chi connectivity index (χ4v) is 5.56. The lowest BCUT2D eigenvalue weighted by Gasteiger charge is -2.44. The zero-order chi connectivity index (χ0) is 14.3. The molecule has 0 atom stereocenters. The molecule has 1 aromatic carbocycles. The molecular formula is C17H28OSi. The normalized spacial score (nSPS) is 17.0. The summed E-state index contributed by atoms with van der Waals surface area (Å²) in [6, 6.07) is 8.78. The number of fused-ring (bicyclic) bond motifs is 1. The van der Waals surface area contributed by atoms with Crippen LogP contribution in [0, 0.1) is 5.92 Å². The average Bonchev–Trinajstić information content (AvgIpc) is 2.69. The SMILES string of the molecule is CC(C)C(C)(C)[Si](C)(C)OC1Cc2ccccc2C1. The summed E-state index contributed by atoms with van der Waals surface area (Å²) in [5.41, 5.74) is 2.97. The molecule has 1 aromatic rings. The molecule has 0 fully saturated rings. The van der Waals surface area contributed by atoms with Crippen molar-refractivity contribution in [2.75, 3.05) is 0 Å². The molecule has 19 heavy (non-hydrogen) atoms. The van der Waals surface area contributed by atoms with Crippen molar-refractivity contribution in [3.05, 3.63) is 35.4 Å². The maximum Gasteiger partial charge on any atom is 0.192 e. The molecule has 1 aliphatic rings. The van der Waals surface area contributed by atoms with Crippen molar-refractivity contribution in [1.82, 2.24) is 0 Å². The van der Waals surface area contributed by atoms with Gasteiger partial charge in [-0.2, -0.15) is 0 Å². The summed E-state index contributed by atoms with van der Waals surface area (Å²) >= 11 is 0. The van der Waals surface area contributed by atoms with Crippen LogP contribution in [0.15, 0.2) is 24.3 Å². The Labute approximate surface area is 119 Å². The predicted octanol–water partition coefficient (Wildman–Crippen LogP) is 4.81. The van der Waals surface area contributed by atoms with Crippen LogP contribution in [-0.4, -0.2) is 14.4 Å². The fourth-order valence-electron chi connectivity index (χ4n) is 2.87. The summed E-state index contributed by atoms with van der Waals surface area (Å²) in [4.78, 5) is 0. The topological polar surface area (TPSA) is 9.23 Å². The van der Waals surface area contributed by atoms with Crippen molar-refractivity contribution < 1.29 is 4.43 Å². The molecular weight excluding hydrogens is 248 g/mol. The Morgan fingerprint density at radius 1 is 1.11 bits per heavy atom. The zero-order valence-corrected chi connectivity index (χ0v) is 14.3. The maximum atomic E-state index is 6.65. The van der Waals surface area contributed by atoms with Crippen LogP contribution in [0.1, 0.15) is 38.8 Å². The highest BCUT2D eigenvalue weighted by Gasteiger charge is 2.45. The van der Waals surface area contributed by atoms with Gasteiger partial charge in [0.25, 0.3) is 0 Å². The average molecular weight is 276 g/mol. The molecule has 2 heteroatoms. The van der Waals surface area contributed by atoms with Gasteiger partial charge in [-0.3, -0.25) is 0 Å². The minimum absolute atomic E-state index is 0.307. The summed E-state index contributed by atoms with van der Waals surface area (Å²) in [5, 5.41) is 0.307. The van der Waals surface area contributed by atoms with E-state index in [1.165, 1.54) is 11.1 Å². The zero-order valence-electron chi connectivity index (χ0n) is 13.3. The lowest BCUT2D eigenvalue weighted by molar-refractivity contribution is 0.182. The molecule has 0 saturated carbocycles. The molecule has 0 amide bonds. The first-order valence-corrected chi connectivity index (χ1v) is 10.4. The van der Waals surface area contributed by atoms with Crippen LogP contribution in [0.4, 0.5) is 0 Å². The molecule has 0 N–H and O–H groups in total. The van der Waals surface area contributed by atoms with Crippen LogP contribution in [0.5, 0.6) is 0 Å². The summed E-state index contributed by atoms with van der Waals surface area (Å²) in [6.45, 7) is 14.2. The van der Waals surface area contributed by atoms with Gasteiger partial charge < -0.3 is 4.43 Å². The molecule has 0 spiro atoms. The van der Waals surface area contributed by atoms with E-state index in [1.807, 2.05) is 0 Å². The number of hydrogen-bond donors (Lipinski definition) is 0. The monoisotopic (exact) mass is 276 g/mol.